The van der Waals surface area contributed by atoms with Crippen molar-refractivity contribution in [3.05, 3.63) is 29.8 Å². The van der Waals surface area contributed by atoms with E-state index in [1.165, 1.54) is 24.8 Å². The summed E-state index contributed by atoms with van der Waals surface area (Å²) < 4.78 is 6.43. The highest BCUT2D eigenvalue weighted by molar-refractivity contribution is 5.39. The standard InChI is InChI=1S/C17H24O/c1-12(2)14-9-10-17(4)16(14,3)11-13-7-5-6-8-15(13)18-17/h5-8,12,14H,9-11H2,1-4H3/t14-,16-,17+/m0/s1. The molecule has 1 aliphatic heterocycles. The molecule has 1 aliphatic carbocycles. The lowest BCUT2D eigenvalue weighted by Crippen LogP contribution is -2.52. The highest BCUT2D eigenvalue weighted by Gasteiger charge is 2.58. The molecule has 0 radical (unpaired) electrons. The van der Waals surface area contributed by atoms with Crippen molar-refractivity contribution in [2.45, 2.75) is 52.6 Å². The summed E-state index contributed by atoms with van der Waals surface area (Å²) in [6.45, 7) is 9.50. The first kappa shape index (κ1) is 12.1. The second-order valence-electron chi connectivity index (χ2n) is 6.92. The normalized spacial score (nSPS) is 38.2. The third-order valence-corrected chi connectivity index (χ3v) is 5.63. The van der Waals surface area contributed by atoms with Gasteiger partial charge >= 0.3 is 0 Å². The maximum Gasteiger partial charge on any atom is 0.123 e. The van der Waals surface area contributed by atoms with Gasteiger partial charge in [0.25, 0.3) is 0 Å². The van der Waals surface area contributed by atoms with Crippen LogP contribution in [-0.4, -0.2) is 5.60 Å². The number of ether oxygens (including phenoxy) is 1. The molecule has 1 heteroatoms. The molecule has 98 valence electrons. The Hall–Kier alpha value is -0.980. The van der Waals surface area contributed by atoms with Crippen LogP contribution >= 0.6 is 0 Å². The molecule has 0 amide bonds. The van der Waals surface area contributed by atoms with E-state index < -0.39 is 0 Å². The van der Waals surface area contributed by atoms with Crippen molar-refractivity contribution in [3.8, 4) is 5.75 Å². The summed E-state index contributed by atoms with van der Waals surface area (Å²) in [5, 5.41) is 0. The van der Waals surface area contributed by atoms with Crippen molar-refractivity contribution in [3.63, 3.8) is 0 Å². The monoisotopic (exact) mass is 244 g/mol. The summed E-state index contributed by atoms with van der Waals surface area (Å²) >= 11 is 0. The van der Waals surface area contributed by atoms with Gasteiger partial charge in [-0.3, -0.25) is 0 Å². The molecule has 1 heterocycles. The molecule has 1 saturated carbocycles. The summed E-state index contributed by atoms with van der Waals surface area (Å²) in [6, 6.07) is 8.58. The van der Waals surface area contributed by atoms with Gasteiger partial charge in [0.05, 0.1) is 0 Å². The van der Waals surface area contributed by atoms with Crippen molar-refractivity contribution in [2.75, 3.05) is 0 Å². The van der Waals surface area contributed by atoms with Crippen molar-refractivity contribution in [2.24, 2.45) is 17.3 Å². The van der Waals surface area contributed by atoms with Gasteiger partial charge in [0, 0.05) is 5.41 Å². The van der Waals surface area contributed by atoms with Crippen LogP contribution in [0.2, 0.25) is 0 Å². The molecule has 1 fully saturated rings. The van der Waals surface area contributed by atoms with Crippen LogP contribution in [0.4, 0.5) is 0 Å². The van der Waals surface area contributed by atoms with Gasteiger partial charge in [0.15, 0.2) is 0 Å². The Morgan fingerprint density at radius 3 is 2.67 bits per heavy atom. The van der Waals surface area contributed by atoms with E-state index in [-0.39, 0.29) is 11.0 Å². The average Bonchev–Trinajstić information content (AvgIpc) is 2.56. The molecule has 1 nitrogen and oxygen atoms in total. The molecule has 18 heavy (non-hydrogen) atoms. The minimum Gasteiger partial charge on any atom is -0.487 e. The van der Waals surface area contributed by atoms with E-state index in [9.17, 15) is 0 Å². The van der Waals surface area contributed by atoms with Crippen LogP contribution in [0.1, 0.15) is 46.1 Å². The minimum atomic E-state index is 0.0241. The number of benzene rings is 1. The Labute approximate surface area is 111 Å². The number of para-hydroxylation sites is 1. The van der Waals surface area contributed by atoms with Gasteiger partial charge in [-0.15, -0.1) is 0 Å². The van der Waals surface area contributed by atoms with Crippen LogP contribution in [0.5, 0.6) is 5.75 Å². The van der Waals surface area contributed by atoms with Gasteiger partial charge in [0.1, 0.15) is 11.4 Å². The molecule has 0 aromatic heterocycles. The molecule has 1 aromatic carbocycles. The minimum absolute atomic E-state index is 0.0241. The van der Waals surface area contributed by atoms with Gasteiger partial charge in [-0.2, -0.15) is 0 Å². The van der Waals surface area contributed by atoms with Crippen molar-refractivity contribution in [1.82, 2.24) is 0 Å². The third-order valence-electron chi connectivity index (χ3n) is 5.63. The van der Waals surface area contributed by atoms with Gasteiger partial charge in [-0.1, -0.05) is 39.0 Å². The zero-order chi connectivity index (χ0) is 13.0. The quantitative estimate of drug-likeness (QED) is 0.709. The second-order valence-corrected chi connectivity index (χ2v) is 6.92. The predicted octanol–water partition coefficient (Wildman–Crippen LogP) is 4.45. The fraction of sp³-hybridized carbons (Fsp3) is 0.647. The third kappa shape index (κ3) is 1.46. The maximum absolute atomic E-state index is 6.43. The summed E-state index contributed by atoms with van der Waals surface area (Å²) in [5.74, 6) is 2.63. The molecule has 0 spiro atoms. The maximum atomic E-state index is 6.43. The largest absolute Gasteiger partial charge is 0.487 e. The van der Waals surface area contributed by atoms with Crippen LogP contribution in [0.15, 0.2) is 24.3 Å². The molecule has 1 aromatic rings. The van der Waals surface area contributed by atoms with Gasteiger partial charge < -0.3 is 4.74 Å². The van der Waals surface area contributed by atoms with Crippen LogP contribution in [-0.2, 0) is 6.42 Å². The lowest BCUT2D eigenvalue weighted by atomic mass is 9.63. The molecule has 0 unspecified atom stereocenters. The van der Waals surface area contributed by atoms with Gasteiger partial charge in [-0.05, 0) is 49.7 Å². The van der Waals surface area contributed by atoms with Crippen LogP contribution < -0.4 is 4.74 Å². The Morgan fingerprint density at radius 1 is 1.22 bits per heavy atom. The highest BCUT2D eigenvalue weighted by atomic mass is 16.5. The molecule has 3 atom stereocenters. The smallest absolute Gasteiger partial charge is 0.123 e. The molecule has 0 saturated heterocycles. The van der Waals surface area contributed by atoms with Crippen molar-refractivity contribution >= 4 is 0 Å². The Balaban J connectivity index is 2.06. The van der Waals surface area contributed by atoms with Crippen LogP contribution in [0, 0.1) is 17.3 Å². The van der Waals surface area contributed by atoms with E-state index in [1.807, 2.05) is 0 Å². The molecular weight excluding hydrogens is 220 g/mol. The Morgan fingerprint density at radius 2 is 1.94 bits per heavy atom. The molecular formula is C17H24O. The Kier molecular flexibility index (Phi) is 2.52. The fourth-order valence-corrected chi connectivity index (χ4v) is 4.37. The zero-order valence-electron chi connectivity index (χ0n) is 12.0. The van der Waals surface area contributed by atoms with Crippen LogP contribution in [0.25, 0.3) is 0 Å². The molecule has 0 bridgehead atoms. The number of rotatable bonds is 1. The number of hydrogen-bond donors (Lipinski definition) is 0. The molecule has 3 rings (SSSR count). The van der Waals surface area contributed by atoms with Crippen molar-refractivity contribution in [1.29, 1.82) is 0 Å². The summed E-state index contributed by atoms with van der Waals surface area (Å²) in [7, 11) is 0. The first-order valence-electron chi connectivity index (χ1n) is 7.23. The van der Waals surface area contributed by atoms with Crippen molar-refractivity contribution < 1.29 is 4.74 Å². The number of fused-ring (bicyclic) bond motifs is 2. The fourth-order valence-electron chi connectivity index (χ4n) is 4.37. The average molecular weight is 244 g/mol. The predicted molar refractivity (Wildman–Crippen MR) is 74.8 cm³/mol. The zero-order valence-corrected chi connectivity index (χ0v) is 12.0. The van der Waals surface area contributed by atoms with E-state index in [1.54, 1.807) is 0 Å². The van der Waals surface area contributed by atoms with Crippen LogP contribution in [0.3, 0.4) is 0 Å². The SMILES string of the molecule is CC(C)[C@@H]1CC[C@@]2(C)Oc3ccccc3C[C@@]12C. The lowest BCUT2D eigenvalue weighted by molar-refractivity contribution is -0.0554. The first-order valence-corrected chi connectivity index (χ1v) is 7.23. The highest BCUT2D eigenvalue weighted by Crippen LogP contribution is 2.59. The molecule has 0 N–H and O–H groups in total. The lowest BCUT2D eigenvalue weighted by Gasteiger charge is -2.49. The first-order chi connectivity index (χ1) is 8.46. The van der Waals surface area contributed by atoms with E-state index >= 15 is 0 Å². The molecule has 2 aliphatic rings. The van der Waals surface area contributed by atoms with E-state index in [0.29, 0.717) is 0 Å². The second kappa shape index (κ2) is 3.76. The summed E-state index contributed by atoms with van der Waals surface area (Å²) in [5.41, 5.74) is 1.70. The summed E-state index contributed by atoms with van der Waals surface area (Å²) in [6.07, 6.45) is 3.67. The van der Waals surface area contributed by atoms with E-state index in [0.717, 1.165) is 17.6 Å². The Bertz CT molecular complexity index is 464. The van der Waals surface area contributed by atoms with Gasteiger partial charge in [-0.25, -0.2) is 0 Å². The number of hydrogen-bond acceptors (Lipinski definition) is 1. The van der Waals surface area contributed by atoms with Gasteiger partial charge in [0.2, 0.25) is 0 Å². The van der Waals surface area contributed by atoms with E-state index in [4.69, 9.17) is 4.74 Å². The summed E-state index contributed by atoms with van der Waals surface area (Å²) in [4.78, 5) is 0. The topological polar surface area (TPSA) is 9.23 Å². The van der Waals surface area contributed by atoms with E-state index in [2.05, 4.69) is 52.0 Å².